The zero-order valence-electron chi connectivity index (χ0n) is 15.4. The van der Waals surface area contributed by atoms with Crippen LogP contribution in [0.15, 0.2) is 60.9 Å². The van der Waals surface area contributed by atoms with Crippen molar-refractivity contribution in [3.8, 4) is 0 Å². The van der Waals surface area contributed by atoms with E-state index in [2.05, 4.69) is 26.1 Å². The lowest BCUT2D eigenvalue weighted by Gasteiger charge is -2.07. The number of benzene rings is 2. The van der Waals surface area contributed by atoms with Gasteiger partial charge in [-0.25, -0.2) is 0 Å². The van der Waals surface area contributed by atoms with E-state index >= 15 is 0 Å². The van der Waals surface area contributed by atoms with E-state index in [4.69, 9.17) is 0 Å². The summed E-state index contributed by atoms with van der Waals surface area (Å²) in [6.07, 6.45) is 3.22. The highest BCUT2D eigenvalue weighted by Crippen LogP contribution is 2.33. The molecule has 1 aliphatic heterocycles. The summed E-state index contributed by atoms with van der Waals surface area (Å²) in [6.45, 7) is 1.41. The number of aromatic amines is 1. The van der Waals surface area contributed by atoms with Gasteiger partial charge < -0.3 is 16.0 Å². The number of anilines is 3. The molecule has 0 aliphatic carbocycles. The average molecular weight is 387 g/mol. The average Bonchev–Trinajstić information content (AvgIpc) is 3.32. The number of nitrogens with zero attached hydrogens (tertiary/aromatic N) is 1. The first-order valence-corrected chi connectivity index (χ1v) is 8.86. The lowest BCUT2D eigenvalue weighted by atomic mass is 9.98. The Kier molecular flexibility index (Phi) is 4.66. The molecule has 0 unspecified atom stereocenters. The predicted octanol–water partition coefficient (Wildman–Crippen LogP) is 3.00. The van der Waals surface area contributed by atoms with Crippen molar-refractivity contribution in [2.45, 2.75) is 6.92 Å². The molecule has 2 aromatic carbocycles. The predicted molar refractivity (Wildman–Crippen MR) is 109 cm³/mol. The molecule has 8 nitrogen and oxygen atoms in total. The molecule has 0 spiro atoms. The number of carbonyl (C=O) groups is 3. The highest BCUT2D eigenvalue weighted by molar-refractivity contribution is 6.32. The van der Waals surface area contributed by atoms with Crippen LogP contribution in [0.25, 0.3) is 5.57 Å². The van der Waals surface area contributed by atoms with Crippen LogP contribution < -0.4 is 16.0 Å². The Balaban J connectivity index is 1.64. The Labute approximate surface area is 166 Å². The molecule has 0 saturated carbocycles. The number of aromatic nitrogens is 2. The molecular formula is C21H17N5O3. The molecule has 3 aromatic rings. The zero-order chi connectivity index (χ0) is 20.4. The Bertz CT molecular complexity index is 1150. The first-order valence-electron chi connectivity index (χ1n) is 8.86. The normalized spacial score (nSPS) is 13.7. The number of hydrogen-bond donors (Lipinski definition) is 4. The smallest absolute Gasteiger partial charge is 0.257 e. The lowest BCUT2D eigenvalue weighted by molar-refractivity contribution is -0.114. The fourth-order valence-electron chi connectivity index (χ4n) is 3.07. The molecule has 0 bridgehead atoms. The highest BCUT2D eigenvalue weighted by Gasteiger charge is 2.25. The van der Waals surface area contributed by atoms with Gasteiger partial charge in [-0.1, -0.05) is 12.1 Å². The first kappa shape index (κ1) is 18.2. The van der Waals surface area contributed by atoms with Crippen LogP contribution in [0.5, 0.6) is 0 Å². The summed E-state index contributed by atoms with van der Waals surface area (Å²) in [5.74, 6) is -0.115. The molecule has 0 radical (unpaired) electrons. The second kappa shape index (κ2) is 7.43. The summed E-state index contributed by atoms with van der Waals surface area (Å²) in [4.78, 5) is 36.5. The van der Waals surface area contributed by atoms with E-state index in [1.807, 2.05) is 0 Å². The minimum absolute atomic E-state index is 0.209. The van der Waals surface area contributed by atoms with E-state index in [9.17, 15) is 14.4 Å². The standard InChI is InChI=1S/C21H17N5O3/c1-12(27)24-15-4-2-3-13(9-15)20(28)14-5-6-18-16(10-14)17(21(29)25-18)11-22-19-7-8-23-26-19/h2-11H,1H3,(H,24,27)(H,25,29)(H2,22,23,26)/b17-11-. The Morgan fingerprint density at radius 2 is 1.90 bits per heavy atom. The Morgan fingerprint density at radius 1 is 1.07 bits per heavy atom. The van der Waals surface area contributed by atoms with Crippen LogP contribution in [0.2, 0.25) is 0 Å². The maximum Gasteiger partial charge on any atom is 0.257 e. The third-order valence-corrected chi connectivity index (χ3v) is 4.38. The summed E-state index contributed by atoms with van der Waals surface area (Å²) < 4.78 is 0. The summed E-state index contributed by atoms with van der Waals surface area (Å²) in [5.41, 5.74) is 3.09. The maximum absolute atomic E-state index is 12.9. The van der Waals surface area contributed by atoms with Gasteiger partial charge >= 0.3 is 0 Å². The number of amides is 2. The molecule has 4 N–H and O–H groups in total. The van der Waals surface area contributed by atoms with Crippen LogP contribution >= 0.6 is 0 Å². The van der Waals surface area contributed by atoms with Gasteiger partial charge in [0.2, 0.25) is 5.91 Å². The molecule has 8 heteroatoms. The monoisotopic (exact) mass is 387 g/mol. The van der Waals surface area contributed by atoms with Crippen LogP contribution in [0.3, 0.4) is 0 Å². The third-order valence-electron chi connectivity index (χ3n) is 4.38. The van der Waals surface area contributed by atoms with E-state index < -0.39 is 0 Å². The zero-order valence-corrected chi connectivity index (χ0v) is 15.4. The maximum atomic E-state index is 12.9. The molecule has 2 amide bonds. The van der Waals surface area contributed by atoms with Crippen molar-refractivity contribution >= 4 is 40.4 Å². The molecule has 0 atom stereocenters. The minimum Gasteiger partial charge on any atom is -0.344 e. The number of fused-ring (bicyclic) bond motifs is 1. The largest absolute Gasteiger partial charge is 0.344 e. The van der Waals surface area contributed by atoms with Crippen LogP contribution in [-0.2, 0) is 9.59 Å². The summed E-state index contributed by atoms with van der Waals surface area (Å²) in [5, 5.41) is 15.1. The van der Waals surface area contributed by atoms with Crippen molar-refractivity contribution in [1.29, 1.82) is 0 Å². The van der Waals surface area contributed by atoms with Crippen LogP contribution in [0.1, 0.15) is 28.4 Å². The molecule has 29 heavy (non-hydrogen) atoms. The third kappa shape index (κ3) is 3.77. The first-order chi connectivity index (χ1) is 14.0. The van der Waals surface area contributed by atoms with E-state index in [1.165, 1.54) is 6.92 Å². The van der Waals surface area contributed by atoms with E-state index in [-0.39, 0.29) is 17.6 Å². The number of rotatable bonds is 5. The molecule has 0 fully saturated rings. The van der Waals surface area contributed by atoms with Crippen LogP contribution in [0, 0.1) is 0 Å². The van der Waals surface area contributed by atoms with Crippen molar-refractivity contribution in [1.82, 2.24) is 10.2 Å². The van der Waals surface area contributed by atoms with Crippen LogP contribution in [0.4, 0.5) is 17.2 Å². The van der Waals surface area contributed by atoms with E-state index in [0.29, 0.717) is 39.5 Å². The second-order valence-corrected chi connectivity index (χ2v) is 6.47. The number of carbonyl (C=O) groups excluding carboxylic acids is 3. The van der Waals surface area contributed by atoms with Gasteiger partial charge in [0.15, 0.2) is 11.6 Å². The fraction of sp³-hybridized carbons (Fsp3) is 0.0476. The van der Waals surface area contributed by atoms with E-state index in [1.54, 1.807) is 60.9 Å². The minimum atomic E-state index is -0.264. The lowest BCUT2D eigenvalue weighted by Crippen LogP contribution is -2.07. The molecule has 4 rings (SSSR count). The summed E-state index contributed by atoms with van der Waals surface area (Å²) in [7, 11) is 0. The van der Waals surface area contributed by atoms with Crippen molar-refractivity contribution in [2.75, 3.05) is 16.0 Å². The van der Waals surface area contributed by atoms with Gasteiger partial charge in [-0.3, -0.25) is 19.5 Å². The fourth-order valence-corrected chi connectivity index (χ4v) is 3.07. The number of hydrogen-bond acceptors (Lipinski definition) is 5. The van der Waals surface area contributed by atoms with Gasteiger partial charge in [-0.2, -0.15) is 5.10 Å². The van der Waals surface area contributed by atoms with Crippen molar-refractivity contribution in [3.05, 3.63) is 77.6 Å². The van der Waals surface area contributed by atoms with E-state index in [0.717, 1.165) is 0 Å². The number of H-pyrrole nitrogens is 1. The van der Waals surface area contributed by atoms with Crippen molar-refractivity contribution in [3.63, 3.8) is 0 Å². The SMILES string of the molecule is CC(=O)Nc1cccc(C(=O)c2ccc3c(c2)/C(=C/Nc2cc[nH]n2)C(=O)N3)c1. The van der Waals surface area contributed by atoms with Gasteiger partial charge in [0, 0.05) is 53.5 Å². The Hall–Kier alpha value is -4.20. The quantitative estimate of drug-likeness (QED) is 0.397. The Morgan fingerprint density at radius 3 is 2.66 bits per heavy atom. The van der Waals surface area contributed by atoms with Gasteiger partial charge in [0.05, 0.1) is 5.57 Å². The molecule has 1 aliphatic rings. The highest BCUT2D eigenvalue weighted by atomic mass is 16.2. The molecule has 2 heterocycles. The van der Waals surface area contributed by atoms with Gasteiger partial charge in [-0.15, -0.1) is 0 Å². The number of nitrogens with one attached hydrogen (secondary N) is 4. The molecule has 1 aromatic heterocycles. The molecule has 0 saturated heterocycles. The molecule has 144 valence electrons. The van der Waals surface area contributed by atoms with Gasteiger partial charge in [0.1, 0.15) is 0 Å². The molecular weight excluding hydrogens is 370 g/mol. The number of ketones is 1. The van der Waals surface area contributed by atoms with Crippen molar-refractivity contribution < 1.29 is 14.4 Å². The summed E-state index contributed by atoms with van der Waals surface area (Å²) in [6, 6.07) is 13.5. The van der Waals surface area contributed by atoms with Crippen molar-refractivity contribution in [2.24, 2.45) is 0 Å². The van der Waals surface area contributed by atoms with Gasteiger partial charge in [-0.05, 0) is 30.3 Å². The topological polar surface area (TPSA) is 116 Å². The van der Waals surface area contributed by atoms with Gasteiger partial charge in [0.25, 0.3) is 5.91 Å². The van der Waals surface area contributed by atoms with Crippen LogP contribution in [-0.4, -0.2) is 27.8 Å². The second-order valence-electron chi connectivity index (χ2n) is 6.47. The summed E-state index contributed by atoms with van der Waals surface area (Å²) >= 11 is 0.